The van der Waals surface area contributed by atoms with Gasteiger partial charge in [-0.05, 0) is 27.8 Å². The van der Waals surface area contributed by atoms with E-state index in [0.29, 0.717) is 6.04 Å². The van der Waals surface area contributed by atoms with E-state index in [1.54, 1.807) is 4.68 Å². The van der Waals surface area contributed by atoms with Gasteiger partial charge in [-0.25, -0.2) is 5.84 Å². The van der Waals surface area contributed by atoms with Crippen LogP contribution in [0.15, 0.2) is 0 Å². The van der Waals surface area contributed by atoms with Crippen LogP contribution in [0.3, 0.4) is 0 Å². The summed E-state index contributed by atoms with van der Waals surface area (Å²) in [6, 6.07) is 0.509. The first-order chi connectivity index (χ1) is 6.97. The molecule has 0 radical (unpaired) electrons. The van der Waals surface area contributed by atoms with Gasteiger partial charge in [0.05, 0.1) is 5.69 Å². The molecule has 0 saturated carbocycles. The molecule has 3 N–H and O–H groups in total. The summed E-state index contributed by atoms with van der Waals surface area (Å²) >= 11 is 0. The SMILES string of the molecule is Cc1nn(C)c(NN)c1CN(C)C(C)C. The molecule has 0 spiro atoms. The molecule has 1 rings (SSSR count). The van der Waals surface area contributed by atoms with Crippen LogP contribution >= 0.6 is 0 Å². The highest BCUT2D eigenvalue weighted by Gasteiger charge is 2.15. The first kappa shape index (κ1) is 12.0. The molecular weight excluding hydrogens is 190 g/mol. The second-order valence-corrected chi connectivity index (χ2v) is 4.19. The van der Waals surface area contributed by atoms with Gasteiger partial charge in [0.15, 0.2) is 0 Å². The molecule has 0 saturated heterocycles. The summed E-state index contributed by atoms with van der Waals surface area (Å²) in [7, 11) is 3.98. The molecular formula is C10H21N5. The van der Waals surface area contributed by atoms with Crippen LogP contribution in [0, 0.1) is 6.92 Å². The number of hydrogen-bond donors (Lipinski definition) is 2. The topological polar surface area (TPSA) is 59.1 Å². The Kier molecular flexibility index (Phi) is 3.71. The van der Waals surface area contributed by atoms with Crippen LogP contribution in [0.2, 0.25) is 0 Å². The van der Waals surface area contributed by atoms with Gasteiger partial charge in [0.2, 0.25) is 0 Å². The number of hydrazine groups is 1. The highest BCUT2D eigenvalue weighted by molar-refractivity contribution is 5.46. The van der Waals surface area contributed by atoms with E-state index in [9.17, 15) is 0 Å². The quantitative estimate of drug-likeness (QED) is 0.573. The second-order valence-electron chi connectivity index (χ2n) is 4.19. The van der Waals surface area contributed by atoms with Crippen molar-refractivity contribution < 1.29 is 0 Å². The number of hydrogen-bond acceptors (Lipinski definition) is 4. The van der Waals surface area contributed by atoms with E-state index in [2.05, 4.69) is 36.3 Å². The Bertz CT molecular complexity index is 329. The highest BCUT2D eigenvalue weighted by atomic mass is 15.4. The average molecular weight is 211 g/mol. The number of anilines is 1. The number of nitrogens with one attached hydrogen (secondary N) is 1. The molecule has 5 heteroatoms. The largest absolute Gasteiger partial charge is 0.308 e. The van der Waals surface area contributed by atoms with Crippen molar-refractivity contribution in [2.24, 2.45) is 12.9 Å². The van der Waals surface area contributed by atoms with E-state index in [1.807, 2.05) is 14.0 Å². The van der Waals surface area contributed by atoms with Gasteiger partial charge in [-0.2, -0.15) is 5.10 Å². The van der Waals surface area contributed by atoms with Gasteiger partial charge in [-0.1, -0.05) is 0 Å². The first-order valence-electron chi connectivity index (χ1n) is 5.16. The summed E-state index contributed by atoms with van der Waals surface area (Å²) < 4.78 is 1.78. The minimum Gasteiger partial charge on any atom is -0.308 e. The second kappa shape index (κ2) is 4.63. The summed E-state index contributed by atoms with van der Waals surface area (Å²) in [5.74, 6) is 6.38. The normalized spacial score (nSPS) is 11.5. The van der Waals surface area contributed by atoms with Gasteiger partial charge in [0, 0.05) is 25.2 Å². The van der Waals surface area contributed by atoms with Gasteiger partial charge < -0.3 is 5.43 Å². The third-order valence-corrected chi connectivity index (χ3v) is 2.77. The molecule has 0 bridgehead atoms. The molecule has 0 aliphatic rings. The molecule has 1 aromatic rings. The third-order valence-electron chi connectivity index (χ3n) is 2.77. The lowest BCUT2D eigenvalue weighted by molar-refractivity contribution is 0.265. The Balaban J connectivity index is 2.93. The average Bonchev–Trinajstić information content (AvgIpc) is 2.41. The fraction of sp³-hybridized carbons (Fsp3) is 0.700. The Morgan fingerprint density at radius 2 is 2.13 bits per heavy atom. The fourth-order valence-electron chi connectivity index (χ4n) is 1.50. The molecule has 86 valence electrons. The molecule has 15 heavy (non-hydrogen) atoms. The van der Waals surface area contributed by atoms with Crippen LogP contribution in [0.25, 0.3) is 0 Å². The van der Waals surface area contributed by atoms with E-state index in [4.69, 9.17) is 5.84 Å². The standard InChI is InChI=1S/C10H21N5/c1-7(2)14(4)6-9-8(3)13-15(5)10(9)12-11/h7,12H,6,11H2,1-5H3. The van der Waals surface area contributed by atoms with E-state index in [1.165, 1.54) is 0 Å². The van der Waals surface area contributed by atoms with Crippen molar-refractivity contribution in [2.45, 2.75) is 33.4 Å². The summed E-state index contributed by atoms with van der Waals surface area (Å²) in [5, 5.41) is 4.34. The summed E-state index contributed by atoms with van der Waals surface area (Å²) in [6.45, 7) is 7.20. The number of aromatic nitrogens is 2. The monoisotopic (exact) mass is 211 g/mol. The van der Waals surface area contributed by atoms with Gasteiger partial charge >= 0.3 is 0 Å². The van der Waals surface area contributed by atoms with Crippen molar-refractivity contribution in [1.82, 2.24) is 14.7 Å². The zero-order chi connectivity index (χ0) is 11.6. The van der Waals surface area contributed by atoms with Crippen molar-refractivity contribution in [3.63, 3.8) is 0 Å². The zero-order valence-electron chi connectivity index (χ0n) is 10.2. The molecule has 1 heterocycles. The molecule has 0 aliphatic carbocycles. The number of nitrogens with two attached hydrogens (primary N) is 1. The smallest absolute Gasteiger partial charge is 0.142 e. The van der Waals surface area contributed by atoms with Gasteiger partial charge in [0.1, 0.15) is 5.82 Å². The number of aryl methyl sites for hydroxylation is 2. The van der Waals surface area contributed by atoms with Crippen molar-refractivity contribution in [3.05, 3.63) is 11.3 Å². The minimum atomic E-state index is 0.509. The maximum atomic E-state index is 5.49. The lowest BCUT2D eigenvalue weighted by atomic mass is 10.2. The number of nitrogens with zero attached hydrogens (tertiary/aromatic N) is 3. The number of nitrogen functional groups attached to an aromatic ring is 1. The first-order valence-corrected chi connectivity index (χ1v) is 5.16. The molecule has 0 aromatic carbocycles. The van der Waals surface area contributed by atoms with Crippen molar-refractivity contribution >= 4 is 5.82 Å². The Morgan fingerprint density at radius 1 is 1.53 bits per heavy atom. The Morgan fingerprint density at radius 3 is 2.60 bits per heavy atom. The predicted octanol–water partition coefficient (Wildman–Crippen LogP) is 0.854. The van der Waals surface area contributed by atoms with Crippen LogP contribution in [0.5, 0.6) is 0 Å². The van der Waals surface area contributed by atoms with Gasteiger partial charge in [-0.15, -0.1) is 0 Å². The molecule has 1 aromatic heterocycles. The molecule has 5 nitrogen and oxygen atoms in total. The molecule has 0 unspecified atom stereocenters. The highest BCUT2D eigenvalue weighted by Crippen LogP contribution is 2.19. The lowest BCUT2D eigenvalue weighted by Gasteiger charge is -2.21. The molecule has 0 atom stereocenters. The Labute approximate surface area is 91.2 Å². The van der Waals surface area contributed by atoms with Crippen LogP contribution in [-0.2, 0) is 13.6 Å². The van der Waals surface area contributed by atoms with Crippen LogP contribution < -0.4 is 11.3 Å². The zero-order valence-corrected chi connectivity index (χ0v) is 10.2. The van der Waals surface area contributed by atoms with E-state index in [-0.39, 0.29) is 0 Å². The van der Waals surface area contributed by atoms with Gasteiger partial charge in [-0.3, -0.25) is 9.58 Å². The van der Waals surface area contributed by atoms with Crippen LogP contribution in [0.4, 0.5) is 5.82 Å². The molecule has 0 fully saturated rings. The van der Waals surface area contributed by atoms with Crippen LogP contribution in [-0.4, -0.2) is 27.8 Å². The maximum absolute atomic E-state index is 5.49. The van der Waals surface area contributed by atoms with Crippen molar-refractivity contribution in [3.8, 4) is 0 Å². The summed E-state index contributed by atoms with van der Waals surface area (Å²) in [4.78, 5) is 2.25. The number of rotatable bonds is 4. The lowest BCUT2D eigenvalue weighted by Crippen LogP contribution is -2.26. The fourth-order valence-corrected chi connectivity index (χ4v) is 1.50. The van der Waals surface area contributed by atoms with E-state index >= 15 is 0 Å². The van der Waals surface area contributed by atoms with Crippen molar-refractivity contribution in [1.29, 1.82) is 0 Å². The maximum Gasteiger partial charge on any atom is 0.142 e. The summed E-state index contributed by atoms with van der Waals surface area (Å²) in [6.07, 6.45) is 0. The molecule has 0 amide bonds. The predicted molar refractivity (Wildman–Crippen MR) is 62.4 cm³/mol. The third kappa shape index (κ3) is 2.49. The Hall–Kier alpha value is -1.07. The van der Waals surface area contributed by atoms with E-state index in [0.717, 1.165) is 23.6 Å². The minimum absolute atomic E-state index is 0.509. The van der Waals surface area contributed by atoms with Crippen LogP contribution in [0.1, 0.15) is 25.1 Å². The van der Waals surface area contributed by atoms with Gasteiger partial charge in [0.25, 0.3) is 0 Å². The van der Waals surface area contributed by atoms with E-state index < -0.39 is 0 Å². The summed E-state index contributed by atoms with van der Waals surface area (Å²) in [5.41, 5.74) is 4.89. The van der Waals surface area contributed by atoms with Crippen molar-refractivity contribution in [2.75, 3.05) is 12.5 Å². The molecule has 0 aliphatic heterocycles.